The fourth-order valence-corrected chi connectivity index (χ4v) is 5.38. The molecule has 1 N–H and O–H groups in total. The Balaban J connectivity index is 1.47. The Morgan fingerprint density at radius 3 is 2.53 bits per heavy atom. The molecule has 0 saturated carbocycles. The minimum absolute atomic E-state index is 0.00811. The average Bonchev–Trinajstić information content (AvgIpc) is 3.50. The van der Waals surface area contributed by atoms with Gasteiger partial charge < -0.3 is 10.1 Å². The number of nitrogens with zero attached hydrogens (tertiary/aromatic N) is 5. The van der Waals surface area contributed by atoms with Gasteiger partial charge in [-0.3, -0.25) is 4.79 Å². The second-order valence-corrected chi connectivity index (χ2v) is 9.70. The molecular weight excluding hydrogens is 508 g/mol. The molecule has 1 aromatic carbocycles. The number of hydrogen-bond donors (Lipinski definition) is 1. The zero-order valence-electron chi connectivity index (χ0n) is 18.7. The SMILES string of the molecule is COc1nn(-c2cnc(C(F)(F)F)cn2)cc1CNC(=O)C1CCCN1S(=O)(=O)c1ccc(F)cc1. The molecule has 2 aromatic heterocycles. The van der Waals surface area contributed by atoms with Crippen molar-refractivity contribution in [3.8, 4) is 11.7 Å². The van der Waals surface area contributed by atoms with E-state index in [0.29, 0.717) is 24.6 Å². The summed E-state index contributed by atoms with van der Waals surface area (Å²) in [4.78, 5) is 19.8. The number of methoxy groups -OCH3 is 1. The van der Waals surface area contributed by atoms with Gasteiger partial charge in [-0.1, -0.05) is 0 Å². The minimum atomic E-state index is -4.64. The van der Waals surface area contributed by atoms with Crippen molar-refractivity contribution in [2.75, 3.05) is 13.7 Å². The average molecular weight is 528 g/mol. The molecule has 1 amide bonds. The summed E-state index contributed by atoms with van der Waals surface area (Å²) in [6, 6.07) is 3.37. The van der Waals surface area contributed by atoms with E-state index in [0.717, 1.165) is 39.4 Å². The fourth-order valence-electron chi connectivity index (χ4n) is 3.72. The maximum atomic E-state index is 13.2. The third-order valence-electron chi connectivity index (χ3n) is 5.49. The highest BCUT2D eigenvalue weighted by Gasteiger charge is 2.39. The van der Waals surface area contributed by atoms with Crippen molar-refractivity contribution in [2.24, 2.45) is 0 Å². The number of nitrogens with one attached hydrogen (secondary N) is 1. The largest absolute Gasteiger partial charge is 0.480 e. The van der Waals surface area contributed by atoms with Crippen LogP contribution in [-0.2, 0) is 27.5 Å². The number of alkyl halides is 3. The van der Waals surface area contributed by atoms with E-state index in [2.05, 4.69) is 20.4 Å². The van der Waals surface area contributed by atoms with Crippen molar-refractivity contribution in [3.63, 3.8) is 0 Å². The number of rotatable bonds is 7. The van der Waals surface area contributed by atoms with E-state index in [1.807, 2.05) is 0 Å². The van der Waals surface area contributed by atoms with Crippen LogP contribution in [0, 0.1) is 5.82 Å². The summed E-state index contributed by atoms with van der Waals surface area (Å²) in [5.41, 5.74) is -0.784. The molecule has 1 saturated heterocycles. The van der Waals surface area contributed by atoms with Gasteiger partial charge in [-0.25, -0.2) is 27.5 Å². The smallest absolute Gasteiger partial charge is 0.434 e. The molecule has 1 unspecified atom stereocenters. The lowest BCUT2D eigenvalue weighted by atomic mass is 10.2. The van der Waals surface area contributed by atoms with E-state index in [1.165, 1.54) is 13.3 Å². The predicted molar refractivity (Wildman–Crippen MR) is 116 cm³/mol. The van der Waals surface area contributed by atoms with Crippen LogP contribution in [0.2, 0.25) is 0 Å². The molecule has 4 rings (SSSR count). The first-order chi connectivity index (χ1) is 17.0. The van der Waals surface area contributed by atoms with Crippen molar-refractivity contribution in [3.05, 3.63) is 59.9 Å². The van der Waals surface area contributed by atoms with Gasteiger partial charge >= 0.3 is 6.18 Å². The van der Waals surface area contributed by atoms with Crippen LogP contribution >= 0.6 is 0 Å². The molecule has 0 aliphatic carbocycles. The normalized spacial score (nSPS) is 16.8. The van der Waals surface area contributed by atoms with Gasteiger partial charge in [0.15, 0.2) is 11.5 Å². The molecule has 10 nitrogen and oxygen atoms in total. The number of hydrogen-bond acceptors (Lipinski definition) is 7. The molecule has 1 aliphatic heterocycles. The van der Waals surface area contributed by atoms with Gasteiger partial charge in [-0.2, -0.15) is 17.5 Å². The van der Waals surface area contributed by atoms with E-state index >= 15 is 0 Å². The van der Waals surface area contributed by atoms with Crippen molar-refractivity contribution < 1.29 is 35.5 Å². The van der Waals surface area contributed by atoms with Gasteiger partial charge in [-0.15, -0.1) is 5.10 Å². The van der Waals surface area contributed by atoms with Crippen LogP contribution in [0.1, 0.15) is 24.1 Å². The molecule has 3 heterocycles. The topological polar surface area (TPSA) is 119 Å². The summed E-state index contributed by atoms with van der Waals surface area (Å²) in [5, 5.41) is 6.74. The number of ether oxygens (including phenoxy) is 1. The summed E-state index contributed by atoms with van der Waals surface area (Å²) in [5.74, 6) is -1.06. The number of halogens is 4. The Labute approximate surface area is 203 Å². The minimum Gasteiger partial charge on any atom is -0.480 e. The lowest BCUT2D eigenvalue weighted by Gasteiger charge is -2.23. The van der Waals surface area contributed by atoms with Gasteiger partial charge in [0, 0.05) is 19.3 Å². The van der Waals surface area contributed by atoms with Crippen LogP contribution in [0.5, 0.6) is 5.88 Å². The monoisotopic (exact) mass is 528 g/mol. The van der Waals surface area contributed by atoms with E-state index in [4.69, 9.17) is 4.74 Å². The van der Waals surface area contributed by atoms with E-state index < -0.39 is 39.7 Å². The summed E-state index contributed by atoms with van der Waals surface area (Å²) in [7, 11) is -2.70. The number of aromatic nitrogens is 4. The quantitative estimate of drug-likeness (QED) is 0.468. The van der Waals surface area contributed by atoms with Crippen LogP contribution in [-0.4, -0.2) is 58.1 Å². The molecule has 0 radical (unpaired) electrons. The van der Waals surface area contributed by atoms with E-state index in [1.54, 1.807) is 0 Å². The van der Waals surface area contributed by atoms with Crippen molar-refractivity contribution in [1.29, 1.82) is 0 Å². The number of benzene rings is 1. The Morgan fingerprint density at radius 1 is 1.19 bits per heavy atom. The number of sulfonamides is 1. The molecule has 15 heteroatoms. The Kier molecular flexibility index (Phi) is 6.95. The molecule has 192 valence electrons. The maximum absolute atomic E-state index is 13.2. The number of carbonyl (C=O) groups excluding carboxylic acids is 1. The van der Waals surface area contributed by atoms with E-state index in [9.17, 15) is 30.8 Å². The number of carbonyl (C=O) groups is 1. The van der Waals surface area contributed by atoms with Gasteiger partial charge in [0.05, 0.1) is 30.0 Å². The fraction of sp³-hybridized carbons (Fsp3) is 0.333. The summed E-state index contributed by atoms with van der Waals surface area (Å²) in [6.07, 6.45) is -1.01. The van der Waals surface area contributed by atoms with Gasteiger partial charge in [0.2, 0.25) is 21.8 Å². The van der Waals surface area contributed by atoms with Crippen LogP contribution in [0.15, 0.2) is 47.8 Å². The van der Waals surface area contributed by atoms with E-state index in [-0.39, 0.29) is 29.7 Å². The highest BCUT2D eigenvalue weighted by atomic mass is 32.2. The maximum Gasteiger partial charge on any atom is 0.434 e. The van der Waals surface area contributed by atoms with Crippen LogP contribution < -0.4 is 10.1 Å². The van der Waals surface area contributed by atoms with Crippen LogP contribution in [0.25, 0.3) is 5.82 Å². The third kappa shape index (κ3) is 5.16. The molecule has 36 heavy (non-hydrogen) atoms. The Hall–Kier alpha value is -3.59. The summed E-state index contributed by atoms with van der Waals surface area (Å²) in [6.45, 7) is 0.0304. The lowest BCUT2D eigenvalue weighted by Crippen LogP contribution is -2.45. The zero-order valence-corrected chi connectivity index (χ0v) is 19.6. The highest BCUT2D eigenvalue weighted by molar-refractivity contribution is 7.89. The highest BCUT2D eigenvalue weighted by Crippen LogP contribution is 2.28. The molecule has 1 fully saturated rings. The van der Waals surface area contributed by atoms with Gasteiger partial charge in [-0.05, 0) is 37.1 Å². The van der Waals surface area contributed by atoms with Gasteiger partial charge in [0.25, 0.3) is 0 Å². The molecule has 0 bridgehead atoms. The van der Waals surface area contributed by atoms with Crippen molar-refractivity contribution in [2.45, 2.75) is 36.5 Å². The lowest BCUT2D eigenvalue weighted by molar-refractivity contribution is -0.141. The second-order valence-electron chi connectivity index (χ2n) is 7.81. The Bertz CT molecular complexity index is 1340. The van der Waals surface area contributed by atoms with Crippen LogP contribution in [0.3, 0.4) is 0 Å². The van der Waals surface area contributed by atoms with Crippen molar-refractivity contribution in [1.82, 2.24) is 29.4 Å². The number of amides is 1. The summed E-state index contributed by atoms with van der Waals surface area (Å²) < 4.78 is 84.8. The summed E-state index contributed by atoms with van der Waals surface area (Å²) >= 11 is 0. The first-order valence-corrected chi connectivity index (χ1v) is 12.0. The molecule has 1 atom stereocenters. The molecule has 3 aromatic rings. The molecular formula is C21H20F4N6O4S. The van der Waals surface area contributed by atoms with Gasteiger partial charge in [0.1, 0.15) is 11.9 Å². The van der Waals surface area contributed by atoms with Crippen molar-refractivity contribution >= 4 is 15.9 Å². The molecule has 0 spiro atoms. The standard InChI is InChI=1S/C21H20F4N6O4S/c1-35-20-13(12-30(29-20)18-11-26-17(10-27-18)21(23,24)25)9-28-19(32)16-3-2-8-31(16)36(33,34)15-6-4-14(22)5-7-15/h4-7,10-12,16H,2-3,8-9H2,1H3,(H,28,32). The van der Waals surface area contributed by atoms with Crippen LogP contribution in [0.4, 0.5) is 17.6 Å². The predicted octanol–water partition coefficient (Wildman–Crippen LogP) is 2.30. The second kappa shape index (κ2) is 9.81. The Morgan fingerprint density at radius 2 is 1.92 bits per heavy atom. The first kappa shape index (κ1) is 25.5. The molecule has 1 aliphatic rings. The zero-order chi connectivity index (χ0) is 26.1. The third-order valence-corrected chi connectivity index (χ3v) is 7.41. The first-order valence-electron chi connectivity index (χ1n) is 10.6.